The van der Waals surface area contributed by atoms with Crippen LogP contribution in [0.2, 0.25) is 5.02 Å². The molecule has 0 atom stereocenters. The highest BCUT2D eigenvalue weighted by atomic mass is 35.5. The molecule has 1 fully saturated rings. The van der Waals surface area contributed by atoms with E-state index in [-0.39, 0.29) is 22.1 Å². The Morgan fingerprint density at radius 2 is 1.82 bits per heavy atom. The molecule has 0 spiro atoms. The van der Waals surface area contributed by atoms with Gasteiger partial charge < -0.3 is 14.6 Å². The quantitative estimate of drug-likeness (QED) is 0.425. The molecule has 0 unspecified atom stereocenters. The number of thioether (sulfide) groups is 1. The largest absolute Gasteiger partial charge is 0.478 e. The van der Waals surface area contributed by atoms with Crippen molar-refractivity contribution in [1.82, 2.24) is 4.90 Å². The smallest absolute Gasteiger partial charge is 0.337 e. The summed E-state index contributed by atoms with van der Waals surface area (Å²) < 4.78 is 5.82. The van der Waals surface area contributed by atoms with Crippen LogP contribution in [0.25, 0.3) is 17.4 Å². The summed E-state index contributed by atoms with van der Waals surface area (Å²) in [7, 11) is 0. The summed E-state index contributed by atoms with van der Waals surface area (Å²) in [5.41, 5.74) is 1.18. The van der Waals surface area contributed by atoms with Crippen molar-refractivity contribution < 1.29 is 29.0 Å². The van der Waals surface area contributed by atoms with Crippen molar-refractivity contribution in [1.29, 1.82) is 0 Å². The Balaban J connectivity index is 1.60. The number of aromatic carboxylic acids is 2. The first-order valence-electron chi connectivity index (χ1n) is 10.0. The van der Waals surface area contributed by atoms with Gasteiger partial charge >= 0.3 is 11.9 Å². The molecule has 1 saturated heterocycles. The highest BCUT2D eigenvalue weighted by molar-refractivity contribution is 8.18. The maximum absolute atomic E-state index is 12.9. The lowest BCUT2D eigenvalue weighted by Crippen LogP contribution is -2.28. The van der Waals surface area contributed by atoms with E-state index in [1.165, 1.54) is 40.9 Å². The Bertz CT molecular complexity index is 1360. The number of furan rings is 1. The molecule has 3 aromatic rings. The molecule has 10 heteroatoms. The Hall–Kier alpha value is -3.82. The highest BCUT2D eigenvalue weighted by Crippen LogP contribution is 2.35. The maximum atomic E-state index is 12.9. The summed E-state index contributed by atoms with van der Waals surface area (Å²) in [6, 6.07) is 14.0. The fourth-order valence-corrected chi connectivity index (χ4v) is 4.46. The molecule has 34 heavy (non-hydrogen) atoms. The predicted octanol–water partition coefficient (Wildman–Crippen LogP) is 5.62. The molecule has 0 aliphatic carbocycles. The van der Waals surface area contributed by atoms with Crippen molar-refractivity contribution in [3.63, 3.8) is 0 Å². The lowest BCUT2D eigenvalue weighted by atomic mass is 10.1. The normalized spacial score (nSPS) is 15.9. The molecule has 2 heterocycles. The molecule has 1 aromatic heterocycles. The molecule has 0 bridgehead atoms. The van der Waals surface area contributed by atoms with Crippen LogP contribution in [-0.4, -0.2) is 44.7 Å². The van der Waals surface area contributed by atoms with Crippen LogP contribution in [0.5, 0.6) is 0 Å². The van der Waals surface area contributed by atoms with E-state index < -0.39 is 11.9 Å². The molecule has 0 saturated carbocycles. The number of halogens is 1. The molecule has 4 rings (SSSR count). The van der Waals surface area contributed by atoms with Crippen LogP contribution in [0.1, 0.15) is 33.4 Å². The zero-order chi connectivity index (χ0) is 24.4. The molecular formula is C24H17ClN2O6S. The second-order valence-corrected chi connectivity index (χ2v) is 8.52. The van der Waals surface area contributed by atoms with Crippen molar-refractivity contribution >= 4 is 58.1 Å². The number of carbonyl (C=O) groups excluding carboxylic acids is 1. The van der Waals surface area contributed by atoms with E-state index in [1.807, 2.05) is 6.92 Å². The van der Waals surface area contributed by atoms with Crippen LogP contribution < -0.4 is 0 Å². The first-order chi connectivity index (χ1) is 16.3. The zero-order valence-corrected chi connectivity index (χ0v) is 19.3. The fourth-order valence-electron chi connectivity index (χ4n) is 3.22. The number of rotatable bonds is 6. The Morgan fingerprint density at radius 3 is 2.47 bits per heavy atom. The van der Waals surface area contributed by atoms with E-state index >= 15 is 0 Å². The van der Waals surface area contributed by atoms with Gasteiger partial charge in [0.15, 0.2) is 5.17 Å². The van der Waals surface area contributed by atoms with E-state index in [2.05, 4.69) is 4.99 Å². The summed E-state index contributed by atoms with van der Waals surface area (Å²) >= 11 is 7.11. The third-order valence-corrected chi connectivity index (χ3v) is 6.26. The predicted molar refractivity (Wildman–Crippen MR) is 130 cm³/mol. The van der Waals surface area contributed by atoms with Crippen molar-refractivity contribution in [3.05, 3.63) is 81.4 Å². The minimum Gasteiger partial charge on any atom is -0.478 e. The standard InChI is InChI=1S/C24H17ClN2O6S/c1-2-27-21(28)20(34-24(27)26-15-6-3-13(4-7-15)22(29)30)12-16-8-10-19(33-16)14-5-9-18(25)17(11-14)23(31)32/h3-12H,2H2,1H3,(H,29,30)(H,31,32)/b20-12-,26-24?. The number of likely N-dealkylation sites (N-methyl/N-ethyl adjacent to an activating group) is 1. The molecule has 2 aromatic carbocycles. The van der Waals surface area contributed by atoms with Crippen LogP contribution in [0.15, 0.2) is 68.9 Å². The maximum Gasteiger partial charge on any atom is 0.337 e. The van der Waals surface area contributed by atoms with Gasteiger partial charge in [0.1, 0.15) is 11.5 Å². The van der Waals surface area contributed by atoms with Gasteiger partial charge in [0.25, 0.3) is 5.91 Å². The van der Waals surface area contributed by atoms with Crippen LogP contribution in [0.3, 0.4) is 0 Å². The van der Waals surface area contributed by atoms with Gasteiger partial charge in [-0.05, 0) is 73.3 Å². The number of amidine groups is 1. The minimum atomic E-state index is -1.14. The Morgan fingerprint density at radius 1 is 1.09 bits per heavy atom. The van der Waals surface area contributed by atoms with E-state index in [4.69, 9.17) is 21.1 Å². The van der Waals surface area contributed by atoms with Crippen molar-refractivity contribution in [2.75, 3.05) is 6.54 Å². The summed E-state index contributed by atoms with van der Waals surface area (Å²) in [5, 5.41) is 18.9. The summed E-state index contributed by atoms with van der Waals surface area (Å²) in [5.74, 6) is -1.55. The van der Waals surface area contributed by atoms with E-state index in [9.17, 15) is 19.5 Å². The van der Waals surface area contributed by atoms with Gasteiger partial charge in [-0.3, -0.25) is 9.69 Å². The number of hydrogen-bond donors (Lipinski definition) is 2. The van der Waals surface area contributed by atoms with Crippen LogP contribution in [-0.2, 0) is 4.79 Å². The fraction of sp³-hybridized carbons (Fsp3) is 0.0833. The SMILES string of the molecule is CCN1C(=O)/C(=C/c2ccc(-c3ccc(Cl)c(C(=O)O)c3)o2)SC1=Nc1ccc(C(=O)O)cc1. The topological polar surface area (TPSA) is 120 Å². The van der Waals surface area contributed by atoms with Gasteiger partial charge in [-0.2, -0.15) is 0 Å². The number of carboxylic acid groups (broad SMARTS) is 2. The zero-order valence-electron chi connectivity index (χ0n) is 17.7. The summed E-state index contributed by atoms with van der Waals surface area (Å²) in [6.07, 6.45) is 1.60. The number of benzene rings is 2. The summed E-state index contributed by atoms with van der Waals surface area (Å²) in [6.45, 7) is 2.23. The number of carboxylic acids is 2. The third kappa shape index (κ3) is 4.75. The molecule has 1 amide bonds. The number of aliphatic imine (C=N–C) groups is 1. The molecule has 172 valence electrons. The average molecular weight is 497 g/mol. The highest BCUT2D eigenvalue weighted by Gasteiger charge is 2.32. The number of hydrogen-bond acceptors (Lipinski definition) is 6. The van der Waals surface area contributed by atoms with Crippen LogP contribution in [0, 0.1) is 0 Å². The van der Waals surface area contributed by atoms with Gasteiger partial charge in [-0.25, -0.2) is 14.6 Å². The molecule has 8 nitrogen and oxygen atoms in total. The average Bonchev–Trinajstić information content (AvgIpc) is 3.39. The van der Waals surface area contributed by atoms with Gasteiger partial charge in [0.2, 0.25) is 0 Å². The third-order valence-electron chi connectivity index (χ3n) is 4.92. The number of amides is 1. The number of nitrogens with zero attached hydrogens (tertiary/aromatic N) is 2. The first-order valence-corrected chi connectivity index (χ1v) is 11.2. The molecular weight excluding hydrogens is 480 g/mol. The monoisotopic (exact) mass is 496 g/mol. The van der Waals surface area contributed by atoms with Crippen LogP contribution >= 0.6 is 23.4 Å². The van der Waals surface area contributed by atoms with Crippen molar-refractivity contribution in [2.24, 2.45) is 4.99 Å². The molecule has 1 aliphatic heterocycles. The van der Waals surface area contributed by atoms with E-state index in [0.717, 1.165) is 0 Å². The lowest BCUT2D eigenvalue weighted by Gasteiger charge is -2.11. The second kappa shape index (κ2) is 9.58. The van der Waals surface area contributed by atoms with E-state index in [1.54, 1.807) is 36.4 Å². The summed E-state index contributed by atoms with van der Waals surface area (Å²) in [4.78, 5) is 41.7. The van der Waals surface area contributed by atoms with Gasteiger partial charge in [-0.15, -0.1) is 0 Å². The van der Waals surface area contributed by atoms with Gasteiger partial charge in [0.05, 0.1) is 26.7 Å². The van der Waals surface area contributed by atoms with E-state index in [0.29, 0.717) is 39.4 Å². The van der Waals surface area contributed by atoms with Gasteiger partial charge in [-0.1, -0.05) is 11.6 Å². The Kier molecular flexibility index (Phi) is 6.58. The van der Waals surface area contributed by atoms with Crippen molar-refractivity contribution in [3.8, 4) is 11.3 Å². The molecule has 2 N–H and O–H groups in total. The second-order valence-electron chi connectivity index (χ2n) is 7.11. The molecule has 0 radical (unpaired) electrons. The first kappa shape index (κ1) is 23.3. The number of carbonyl (C=O) groups is 3. The van der Waals surface area contributed by atoms with Crippen molar-refractivity contribution in [2.45, 2.75) is 6.92 Å². The lowest BCUT2D eigenvalue weighted by molar-refractivity contribution is -0.122. The molecule has 1 aliphatic rings. The minimum absolute atomic E-state index is 0.0344. The van der Waals surface area contributed by atoms with Gasteiger partial charge in [0, 0.05) is 18.2 Å². The van der Waals surface area contributed by atoms with Crippen LogP contribution in [0.4, 0.5) is 5.69 Å². The Labute approximate surface area is 203 Å².